The van der Waals surface area contributed by atoms with E-state index in [0.29, 0.717) is 0 Å². The quantitative estimate of drug-likeness (QED) is 0.498. The van der Waals surface area contributed by atoms with Crippen molar-refractivity contribution in [1.29, 1.82) is 0 Å². The summed E-state index contributed by atoms with van der Waals surface area (Å²) in [5, 5.41) is 8.03. The third kappa shape index (κ3) is 3.77. The van der Waals surface area contributed by atoms with Crippen molar-refractivity contribution < 1.29 is 0 Å². The smallest absolute Gasteiger partial charge is 0.191 e. The summed E-state index contributed by atoms with van der Waals surface area (Å²) in [7, 11) is 1.80. The van der Waals surface area contributed by atoms with Crippen LogP contribution >= 0.6 is 0 Å². The molecule has 3 rings (SSSR count). The average molecular weight is 320 g/mol. The van der Waals surface area contributed by atoms with E-state index in [2.05, 4.69) is 64.1 Å². The topological polar surface area (TPSA) is 52.2 Å². The molecule has 1 heterocycles. The van der Waals surface area contributed by atoms with Crippen LogP contribution < -0.4 is 10.6 Å². The van der Waals surface area contributed by atoms with Gasteiger partial charge in [-0.1, -0.05) is 48.5 Å². The number of fused-ring (bicyclic) bond motifs is 1. The van der Waals surface area contributed by atoms with Crippen LogP contribution in [0.1, 0.15) is 16.7 Å². The molecule has 0 fully saturated rings. The normalized spacial score (nSPS) is 11.7. The Morgan fingerprint density at radius 3 is 2.67 bits per heavy atom. The van der Waals surface area contributed by atoms with Crippen LogP contribution in [-0.2, 0) is 13.0 Å². The predicted octanol–water partition coefficient (Wildman–Crippen LogP) is 3.38. The van der Waals surface area contributed by atoms with E-state index in [-0.39, 0.29) is 0 Å². The number of para-hydroxylation sites is 1. The Balaban J connectivity index is 1.53. The number of nitrogens with one attached hydrogen (secondary N) is 3. The van der Waals surface area contributed by atoms with E-state index in [0.717, 1.165) is 25.5 Å². The Morgan fingerprint density at radius 2 is 1.88 bits per heavy atom. The molecule has 2 aromatic carbocycles. The van der Waals surface area contributed by atoms with Gasteiger partial charge in [-0.3, -0.25) is 4.99 Å². The summed E-state index contributed by atoms with van der Waals surface area (Å²) in [6.07, 6.45) is 3.06. The number of hydrogen-bond donors (Lipinski definition) is 3. The molecule has 0 aliphatic heterocycles. The number of H-pyrrole nitrogens is 1. The third-order valence-electron chi connectivity index (χ3n) is 4.22. The summed E-state index contributed by atoms with van der Waals surface area (Å²) in [4.78, 5) is 7.67. The highest BCUT2D eigenvalue weighted by Gasteiger charge is 2.05. The number of aliphatic imine (C=N–C) groups is 1. The lowest BCUT2D eigenvalue weighted by atomic mass is 10.1. The first-order valence-electron chi connectivity index (χ1n) is 8.32. The fourth-order valence-electron chi connectivity index (χ4n) is 2.89. The summed E-state index contributed by atoms with van der Waals surface area (Å²) >= 11 is 0. The van der Waals surface area contributed by atoms with Crippen molar-refractivity contribution in [2.45, 2.75) is 19.9 Å². The van der Waals surface area contributed by atoms with Crippen LogP contribution in [0.3, 0.4) is 0 Å². The van der Waals surface area contributed by atoms with Crippen LogP contribution in [0.15, 0.2) is 59.7 Å². The second kappa shape index (κ2) is 7.68. The van der Waals surface area contributed by atoms with E-state index >= 15 is 0 Å². The second-order valence-corrected chi connectivity index (χ2v) is 5.90. The molecular formula is C20H24N4. The van der Waals surface area contributed by atoms with E-state index in [9.17, 15) is 0 Å². The maximum Gasteiger partial charge on any atom is 0.191 e. The first kappa shape index (κ1) is 16.1. The number of aromatic amines is 1. The molecule has 0 spiro atoms. The fraction of sp³-hybridized carbons (Fsp3) is 0.250. The summed E-state index contributed by atoms with van der Waals surface area (Å²) in [6.45, 7) is 3.75. The SMILES string of the molecule is CN=C(NCCc1c[nH]c2c(C)cccc12)NCc1ccccc1. The van der Waals surface area contributed by atoms with Crippen LogP contribution in [0.4, 0.5) is 0 Å². The molecule has 1 aromatic heterocycles. The minimum atomic E-state index is 0.771. The number of nitrogens with zero attached hydrogens (tertiary/aromatic N) is 1. The summed E-state index contributed by atoms with van der Waals surface area (Å²) in [5.41, 5.74) is 5.10. The van der Waals surface area contributed by atoms with Crippen molar-refractivity contribution in [3.05, 3.63) is 71.4 Å². The standard InChI is InChI=1S/C20H24N4/c1-15-7-6-10-18-17(14-23-19(15)18)11-12-22-20(21-2)24-13-16-8-4-3-5-9-16/h3-10,14,23H,11-13H2,1-2H3,(H2,21,22,24). The molecule has 0 unspecified atom stereocenters. The summed E-state index contributed by atoms with van der Waals surface area (Å²) < 4.78 is 0. The summed E-state index contributed by atoms with van der Waals surface area (Å²) in [5.74, 6) is 0.829. The van der Waals surface area contributed by atoms with Crippen molar-refractivity contribution in [3.63, 3.8) is 0 Å². The van der Waals surface area contributed by atoms with E-state index in [4.69, 9.17) is 0 Å². The highest BCUT2D eigenvalue weighted by atomic mass is 15.2. The molecule has 0 radical (unpaired) electrons. The molecular weight excluding hydrogens is 296 g/mol. The molecule has 0 saturated heterocycles. The van der Waals surface area contributed by atoms with Gasteiger partial charge in [0.2, 0.25) is 0 Å². The summed E-state index contributed by atoms with van der Waals surface area (Å²) in [6, 6.07) is 16.8. The van der Waals surface area contributed by atoms with Gasteiger partial charge in [-0.05, 0) is 30.0 Å². The van der Waals surface area contributed by atoms with Gasteiger partial charge in [0.25, 0.3) is 0 Å². The maximum absolute atomic E-state index is 4.29. The van der Waals surface area contributed by atoms with Gasteiger partial charge in [-0.25, -0.2) is 0 Å². The van der Waals surface area contributed by atoms with E-state index < -0.39 is 0 Å². The van der Waals surface area contributed by atoms with E-state index in [1.165, 1.54) is 27.6 Å². The van der Waals surface area contributed by atoms with Crippen LogP contribution in [-0.4, -0.2) is 24.5 Å². The molecule has 0 atom stereocenters. The molecule has 0 amide bonds. The lowest BCUT2D eigenvalue weighted by Crippen LogP contribution is -2.37. The van der Waals surface area contributed by atoms with Crippen LogP contribution in [0, 0.1) is 6.92 Å². The van der Waals surface area contributed by atoms with Gasteiger partial charge in [0.1, 0.15) is 0 Å². The molecule has 3 N–H and O–H groups in total. The highest BCUT2D eigenvalue weighted by Crippen LogP contribution is 2.21. The van der Waals surface area contributed by atoms with Crippen molar-refractivity contribution in [3.8, 4) is 0 Å². The first-order valence-corrected chi connectivity index (χ1v) is 8.32. The molecule has 0 aliphatic carbocycles. The number of aromatic nitrogens is 1. The Morgan fingerprint density at radius 1 is 1.04 bits per heavy atom. The van der Waals surface area contributed by atoms with Crippen LogP contribution in [0.25, 0.3) is 10.9 Å². The Hall–Kier alpha value is -2.75. The van der Waals surface area contributed by atoms with Gasteiger partial charge >= 0.3 is 0 Å². The highest BCUT2D eigenvalue weighted by molar-refractivity contribution is 5.86. The molecule has 3 aromatic rings. The van der Waals surface area contributed by atoms with Gasteiger partial charge in [0.15, 0.2) is 5.96 Å². The zero-order chi connectivity index (χ0) is 16.8. The third-order valence-corrected chi connectivity index (χ3v) is 4.22. The van der Waals surface area contributed by atoms with Crippen LogP contribution in [0.5, 0.6) is 0 Å². The molecule has 0 saturated carbocycles. The van der Waals surface area contributed by atoms with E-state index in [1.54, 1.807) is 7.05 Å². The van der Waals surface area contributed by atoms with Crippen LogP contribution in [0.2, 0.25) is 0 Å². The predicted molar refractivity (Wildman–Crippen MR) is 101 cm³/mol. The molecule has 0 bridgehead atoms. The number of hydrogen-bond acceptors (Lipinski definition) is 1. The minimum Gasteiger partial charge on any atom is -0.361 e. The molecule has 4 heteroatoms. The van der Waals surface area contributed by atoms with Gasteiger partial charge in [-0.2, -0.15) is 0 Å². The van der Waals surface area contributed by atoms with Gasteiger partial charge < -0.3 is 15.6 Å². The van der Waals surface area contributed by atoms with Crippen molar-refractivity contribution in [2.24, 2.45) is 4.99 Å². The van der Waals surface area contributed by atoms with Gasteiger partial charge in [0, 0.05) is 37.2 Å². The minimum absolute atomic E-state index is 0.771. The van der Waals surface area contributed by atoms with Crippen molar-refractivity contribution >= 4 is 16.9 Å². The monoisotopic (exact) mass is 320 g/mol. The Kier molecular flexibility index (Phi) is 5.16. The second-order valence-electron chi connectivity index (χ2n) is 5.90. The lowest BCUT2D eigenvalue weighted by molar-refractivity contribution is 0.796. The largest absolute Gasteiger partial charge is 0.361 e. The zero-order valence-electron chi connectivity index (χ0n) is 14.3. The number of benzene rings is 2. The van der Waals surface area contributed by atoms with Gasteiger partial charge in [0.05, 0.1) is 0 Å². The maximum atomic E-state index is 4.29. The van der Waals surface area contributed by atoms with E-state index in [1.807, 2.05) is 18.2 Å². The average Bonchev–Trinajstić information content (AvgIpc) is 3.03. The number of rotatable bonds is 5. The number of aryl methyl sites for hydroxylation is 1. The number of guanidine groups is 1. The Bertz CT molecular complexity index is 818. The lowest BCUT2D eigenvalue weighted by Gasteiger charge is -2.11. The Labute approximate surface area is 143 Å². The zero-order valence-corrected chi connectivity index (χ0v) is 14.3. The van der Waals surface area contributed by atoms with Crippen molar-refractivity contribution in [2.75, 3.05) is 13.6 Å². The molecule has 4 nitrogen and oxygen atoms in total. The molecule has 0 aliphatic rings. The first-order chi connectivity index (χ1) is 11.8. The molecule has 124 valence electrons. The van der Waals surface area contributed by atoms with Gasteiger partial charge in [-0.15, -0.1) is 0 Å². The van der Waals surface area contributed by atoms with Crippen molar-refractivity contribution in [1.82, 2.24) is 15.6 Å². The fourth-order valence-corrected chi connectivity index (χ4v) is 2.89. The molecule has 24 heavy (non-hydrogen) atoms.